The first kappa shape index (κ1) is 14.5. The number of nitrogens with zero attached hydrogens (tertiary/aromatic N) is 2. The number of nitrogens with two attached hydrogens (primary N) is 1. The lowest BCUT2D eigenvalue weighted by molar-refractivity contribution is 0.547. The average molecular weight is 295 g/mol. The largest absolute Gasteiger partial charge is 0.384 e. The van der Waals surface area contributed by atoms with Crippen molar-refractivity contribution in [2.45, 2.75) is 26.2 Å². The van der Waals surface area contributed by atoms with Crippen LogP contribution in [-0.2, 0) is 5.41 Å². The third kappa shape index (κ3) is 3.36. The second-order valence-electron chi connectivity index (χ2n) is 5.50. The first-order chi connectivity index (χ1) is 9.25. The van der Waals surface area contributed by atoms with Gasteiger partial charge in [0.25, 0.3) is 0 Å². The van der Waals surface area contributed by atoms with Crippen LogP contribution >= 0.6 is 11.6 Å². The highest BCUT2D eigenvalue weighted by Gasteiger charge is 2.19. The van der Waals surface area contributed by atoms with Gasteiger partial charge in [-0.05, 0) is 18.2 Å². The summed E-state index contributed by atoms with van der Waals surface area (Å²) in [6.45, 7) is 5.93. The molecule has 2 rings (SSSR count). The fourth-order valence-electron chi connectivity index (χ4n) is 1.60. The maximum absolute atomic E-state index is 13.7. The van der Waals surface area contributed by atoms with Gasteiger partial charge in [-0.25, -0.2) is 14.4 Å². The van der Waals surface area contributed by atoms with E-state index in [1.165, 1.54) is 18.2 Å². The van der Waals surface area contributed by atoms with Crippen LogP contribution in [0.4, 0.5) is 21.7 Å². The number of hydrogen-bond acceptors (Lipinski definition) is 4. The van der Waals surface area contributed by atoms with E-state index in [1.54, 1.807) is 6.07 Å². The first-order valence-corrected chi connectivity index (χ1v) is 6.50. The number of aromatic nitrogens is 2. The van der Waals surface area contributed by atoms with Crippen LogP contribution in [-0.4, -0.2) is 9.97 Å². The maximum Gasteiger partial charge on any atom is 0.146 e. The molecule has 4 nitrogen and oxygen atoms in total. The molecule has 1 aromatic carbocycles. The molecule has 0 saturated carbocycles. The molecule has 2 aromatic rings. The molecule has 0 radical (unpaired) electrons. The van der Waals surface area contributed by atoms with Crippen molar-refractivity contribution in [2.24, 2.45) is 0 Å². The van der Waals surface area contributed by atoms with Gasteiger partial charge in [0.15, 0.2) is 0 Å². The Morgan fingerprint density at radius 1 is 1.20 bits per heavy atom. The Balaban J connectivity index is 2.39. The third-order valence-corrected chi connectivity index (χ3v) is 2.84. The Morgan fingerprint density at radius 2 is 1.90 bits per heavy atom. The van der Waals surface area contributed by atoms with Crippen LogP contribution in [0.3, 0.4) is 0 Å². The molecule has 0 aliphatic carbocycles. The average Bonchev–Trinajstić information content (AvgIpc) is 2.32. The molecule has 0 atom stereocenters. The van der Waals surface area contributed by atoms with E-state index in [2.05, 4.69) is 15.3 Å². The molecule has 6 heteroatoms. The highest BCUT2D eigenvalue weighted by molar-refractivity contribution is 6.30. The van der Waals surface area contributed by atoms with E-state index >= 15 is 0 Å². The van der Waals surface area contributed by atoms with Gasteiger partial charge in [-0.1, -0.05) is 32.4 Å². The van der Waals surface area contributed by atoms with Gasteiger partial charge in [-0.2, -0.15) is 0 Å². The fourth-order valence-corrected chi connectivity index (χ4v) is 1.77. The normalized spacial score (nSPS) is 11.4. The lowest BCUT2D eigenvalue weighted by atomic mass is 9.96. The van der Waals surface area contributed by atoms with Crippen LogP contribution < -0.4 is 11.1 Å². The van der Waals surface area contributed by atoms with Gasteiger partial charge in [-0.3, -0.25) is 0 Å². The number of halogens is 2. The molecule has 0 aliphatic rings. The van der Waals surface area contributed by atoms with Crippen LogP contribution in [0.15, 0.2) is 24.3 Å². The number of rotatable bonds is 2. The smallest absolute Gasteiger partial charge is 0.146 e. The van der Waals surface area contributed by atoms with Crippen molar-refractivity contribution in [1.82, 2.24) is 9.97 Å². The number of nitrogen functional groups attached to an aromatic ring is 1. The van der Waals surface area contributed by atoms with Gasteiger partial charge in [0, 0.05) is 16.5 Å². The zero-order chi connectivity index (χ0) is 14.9. The van der Waals surface area contributed by atoms with Crippen molar-refractivity contribution in [1.29, 1.82) is 0 Å². The fraction of sp³-hybridized carbons (Fsp3) is 0.286. The summed E-state index contributed by atoms with van der Waals surface area (Å²) in [5, 5.41) is 3.31. The van der Waals surface area contributed by atoms with E-state index in [4.69, 9.17) is 17.3 Å². The van der Waals surface area contributed by atoms with E-state index in [1.807, 2.05) is 20.8 Å². The quantitative estimate of drug-likeness (QED) is 0.882. The molecule has 0 fully saturated rings. The van der Waals surface area contributed by atoms with Gasteiger partial charge in [0.1, 0.15) is 23.3 Å². The van der Waals surface area contributed by atoms with E-state index in [0.29, 0.717) is 22.5 Å². The van der Waals surface area contributed by atoms with Crippen LogP contribution in [0.5, 0.6) is 0 Å². The summed E-state index contributed by atoms with van der Waals surface area (Å²) in [4.78, 5) is 8.55. The van der Waals surface area contributed by atoms with Crippen LogP contribution in [0.25, 0.3) is 0 Å². The first-order valence-electron chi connectivity index (χ1n) is 6.13. The molecule has 20 heavy (non-hydrogen) atoms. The summed E-state index contributed by atoms with van der Waals surface area (Å²) < 4.78 is 13.7. The summed E-state index contributed by atoms with van der Waals surface area (Å²) in [5.41, 5.74) is 5.76. The molecule has 0 amide bonds. The van der Waals surface area contributed by atoms with E-state index in [9.17, 15) is 4.39 Å². The second kappa shape index (κ2) is 5.25. The van der Waals surface area contributed by atoms with Crippen LogP contribution in [0.1, 0.15) is 26.6 Å². The highest BCUT2D eigenvalue weighted by Crippen LogP contribution is 2.25. The number of benzene rings is 1. The standard InChI is InChI=1S/C14H16ClFN4/c1-14(2,3)13-19-11(17)7-12(20-13)18-10-6-8(15)4-5-9(10)16/h4-7H,1-3H3,(H3,17,18,19,20). The lowest BCUT2D eigenvalue weighted by Gasteiger charge is -2.18. The monoisotopic (exact) mass is 294 g/mol. The van der Waals surface area contributed by atoms with Crippen molar-refractivity contribution in [3.63, 3.8) is 0 Å². The Kier molecular flexibility index (Phi) is 3.81. The molecule has 1 aromatic heterocycles. The lowest BCUT2D eigenvalue weighted by Crippen LogP contribution is -2.17. The topological polar surface area (TPSA) is 63.8 Å². The Labute approximate surface area is 122 Å². The van der Waals surface area contributed by atoms with Crippen LogP contribution in [0.2, 0.25) is 5.02 Å². The van der Waals surface area contributed by atoms with Gasteiger partial charge in [0.2, 0.25) is 0 Å². The van der Waals surface area contributed by atoms with Crippen molar-refractivity contribution >= 4 is 28.9 Å². The highest BCUT2D eigenvalue weighted by atomic mass is 35.5. The predicted molar refractivity (Wildman–Crippen MR) is 79.8 cm³/mol. The molecule has 0 unspecified atom stereocenters. The Hall–Kier alpha value is -1.88. The Morgan fingerprint density at radius 3 is 2.55 bits per heavy atom. The summed E-state index contributed by atoms with van der Waals surface area (Å²) in [7, 11) is 0. The minimum Gasteiger partial charge on any atom is -0.384 e. The van der Waals surface area contributed by atoms with Gasteiger partial charge < -0.3 is 11.1 Å². The second-order valence-corrected chi connectivity index (χ2v) is 5.94. The maximum atomic E-state index is 13.7. The zero-order valence-corrected chi connectivity index (χ0v) is 12.3. The number of anilines is 3. The van der Waals surface area contributed by atoms with Crippen molar-refractivity contribution in [3.8, 4) is 0 Å². The van der Waals surface area contributed by atoms with E-state index in [-0.39, 0.29) is 11.1 Å². The van der Waals surface area contributed by atoms with E-state index in [0.717, 1.165) is 0 Å². The molecule has 0 saturated heterocycles. The molecular weight excluding hydrogens is 279 g/mol. The van der Waals surface area contributed by atoms with Crippen molar-refractivity contribution in [2.75, 3.05) is 11.1 Å². The third-order valence-electron chi connectivity index (χ3n) is 2.61. The van der Waals surface area contributed by atoms with Crippen LogP contribution in [0, 0.1) is 5.82 Å². The minimum atomic E-state index is -0.413. The molecular formula is C14H16ClFN4. The SMILES string of the molecule is CC(C)(C)c1nc(N)cc(Nc2cc(Cl)ccc2F)n1. The molecule has 0 spiro atoms. The Bertz CT molecular complexity index is 638. The molecule has 3 N–H and O–H groups in total. The van der Waals surface area contributed by atoms with Gasteiger partial charge in [0.05, 0.1) is 5.69 Å². The minimum absolute atomic E-state index is 0.246. The number of nitrogens with one attached hydrogen (secondary N) is 1. The van der Waals surface area contributed by atoms with Gasteiger partial charge >= 0.3 is 0 Å². The molecule has 0 bridgehead atoms. The molecule has 106 valence electrons. The molecule has 1 heterocycles. The summed E-state index contributed by atoms with van der Waals surface area (Å²) >= 11 is 5.85. The van der Waals surface area contributed by atoms with Crippen molar-refractivity contribution in [3.05, 3.63) is 40.9 Å². The molecule has 0 aliphatic heterocycles. The predicted octanol–water partition coefficient (Wildman–Crippen LogP) is 3.89. The number of hydrogen-bond donors (Lipinski definition) is 2. The van der Waals surface area contributed by atoms with Crippen molar-refractivity contribution < 1.29 is 4.39 Å². The van der Waals surface area contributed by atoms with E-state index < -0.39 is 5.82 Å². The summed E-state index contributed by atoms with van der Waals surface area (Å²) in [6, 6.07) is 5.82. The summed E-state index contributed by atoms with van der Waals surface area (Å²) in [6.07, 6.45) is 0. The summed E-state index contributed by atoms with van der Waals surface area (Å²) in [5.74, 6) is 0.935. The van der Waals surface area contributed by atoms with Gasteiger partial charge in [-0.15, -0.1) is 0 Å². The zero-order valence-electron chi connectivity index (χ0n) is 11.5.